The lowest BCUT2D eigenvalue weighted by Gasteiger charge is -2.11. The number of esters is 1. The summed E-state index contributed by atoms with van der Waals surface area (Å²) in [4.78, 5) is 11.2. The number of carbonyl (C=O) groups excluding carboxylic acids is 1. The summed E-state index contributed by atoms with van der Waals surface area (Å²) in [6.07, 6.45) is 0. The van der Waals surface area contributed by atoms with Crippen LogP contribution < -0.4 is 10.1 Å². The van der Waals surface area contributed by atoms with Gasteiger partial charge in [0.25, 0.3) is 0 Å². The fourth-order valence-electron chi connectivity index (χ4n) is 1.36. The molecule has 4 nitrogen and oxygen atoms in total. The number of rotatable bonds is 6. The summed E-state index contributed by atoms with van der Waals surface area (Å²) in [5.74, 6) is 0.599. The van der Waals surface area contributed by atoms with Gasteiger partial charge in [-0.05, 0) is 23.8 Å². The first-order chi connectivity index (χ1) is 8.58. The van der Waals surface area contributed by atoms with E-state index in [2.05, 4.69) is 48.6 Å². The number of hydrogen-bond acceptors (Lipinski definition) is 4. The van der Waals surface area contributed by atoms with E-state index in [1.807, 2.05) is 18.2 Å². The minimum atomic E-state index is -0.215. The van der Waals surface area contributed by atoms with E-state index in [-0.39, 0.29) is 9.89 Å². The predicted molar refractivity (Wildman–Crippen MR) is 82.2 cm³/mol. The molecule has 1 aromatic carbocycles. The summed E-state index contributed by atoms with van der Waals surface area (Å²) >= 11 is 5.54. The van der Waals surface area contributed by atoms with Gasteiger partial charge < -0.3 is 14.8 Å². The first-order valence-corrected chi connectivity index (χ1v) is 7.37. The molecule has 1 rings (SSSR count). The quantitative estimate of drug-likeness (QED) is 0.430. The zero-order valence-corrected chi connectivity index (χ0v) is 13.9. The Morgan fingerprint density at radius 1 is 1.50 bits per heavy atom. The van der Waals surface area contributed by atoms with Crippen LogP contribution >= 0.6 is 38.5 Å². The SMILES string of the molecule is COC(=O)C(I)CNCc1cc(OC)ccc1Br. The van der Waals surface area contributed by atoms with E-state index < -0.39 is 0 Å². The Morgan fingerprint density at radius 3 is 2.83 bits per heavy atom. The van der Waals surface area contributed by atoms with E-state index in [1.54, 1.807) is 7.11 Å². The van der Waals surface area contributed by atoms with Crippen molar-refractivity contribution in [3.8, 4) is 5.75 Å². The van der Waals surface area contributed by atoms with Gasteiger partial charge in [0.15, 0.2) is 0 Å². The number of carbonyl (C=O) groups is 1. The van der Waals surface area contributed by atoms with Gasteiger partial charge in [0.2, 0.25) is 0 Å². The lowest BCUT2D eigenvalue weighted by atomic mass is 10.2. The maximum atomic E-state index is 11.2. The van der Waals surface area contributed by atoms with Crippen molar-refractivity contribution >= 4 is 44.5 Å². The van der Waals surface area contributed by atoms with Crippen molar-refractivity contribution in [1.82, 2.24) is 5.32 Å². The van der Waals surface area contributed by atoms with Crippen molar-refractivity contribution in [2.75, 3.05) is 20.8 Å². The van der Waals surface area contributed by atoms with Gasteiger partial charge in [-0.25, -0.2) is 0 Å². The zero-order valence-electron chi connectivity index (χ0n) is 10.2. The van der Waals surface area contributed by atoms with Gasteiger partial charge in [-0.1, -0.05) is 38.5 Å². The van der Waals surface area contributed by atoms with Gasteiger partial charge in [0, 0.05) is 17.6 Å². The lowest BCUT2D eigenvalue weighted by Crippen LogP contribution is -2.29. The summed E-state index contributed by atoms with van der Waals surface area (Å²) in [5, 5.41) is 3.21. The molecule has 0 heterocycles. The van der Waals surface area contributed by atoms with Crippen molar-refractivity contribution in [2.24, 2.45) is 0 Å². The summed E-state index contributed by atoms with van der Waals surface area (Å²) < 4.78 is 10.7. The molecule has 0 spiro atoms. The molecule has 1 unspecified atom stereocenters. The zero-order chi connectivity index (χ0) is 13.5. The van der Waals surface area contributed by atoms with Crippen molar-refractivity contribution in [2.45, 2.75) is 10.5 Å². The van der Waals surface area contributed by atoms with Crippen LogP contribution in [0.25, 0.3) is 0 Å². The molecule has 0 aliphatic heterocycles. The highest BCUT2D eigenvalue weighted by molar-refractivity contribution is 14.1. The Balaban J connectivity index is 2.50. The third-order valence-corrected chi connectivity index (χ3v) is 4.07. The number of alkyl halides is 1. The van der Waals surface area contributed by atoms with Crippen LogP contribution in [0.3, 0.4) is 0 Å². The summed E-state index contributed by atoms with van der Waals surface area (Å²) in [5.41, 5.74) is 1.09. The molecule has 1 aromatic rings. The number of nitrogens with one attached hydrogen (secondary N) is 1. The van der Waals surface area contributed by atoms with Crippen molar-refractivity contribution in [3.63, 3.8) is 0 Å². The molecule has 0 radical (unpaired) electrons. The Bertz CT molecular complexity index is 414. The van der Waals surface area contributed by atoms with E-state index in [4.69, 9.17) is 4.74 Å². The average molecular weight is 428 g/mol. The standard InChI is InChI=1S/C12H15BrINO3/c1-17-9-3-4-10(13)8(5-9)6-15-7-11(14)12(16)18-2/h3-5,11,15H,6-7H2,1-2H3. The van der Waals surface area contributed by atoms with Crippen LogP contribution in [0, 0.1) is 0 Å². The number of halogens is 2. The highest BCUT2D eigenvalue weighted by Gasteiger charge is 2.14. The molecule has 0 saturated heterocycles. The Labute approximate surface area is 129 Å². The van der Waals surface area contributed by atoms with Crippen molar-refractivity contribution < 1.29 is 14.3 Å². The second-order valence-corrected chi connectivity index (χ2v) is 5.94. The molecule has 1 N–H and O–H groups in total. The maximum absolute atomic E-state index is 11.2. The second kappa shape index (κ2) is 7.96. The topological polar surface area (TPSA) is 47.6 Å². The molecule has 0 saturated carbocycles. The minimum Gasteiger partial charge on any atom is -0.497 e. The minimum absolute atomic E-state index is 0.183. The van der Waals surface area contributed by atoms with E-state index in [0.717, 1.165) is 15.8 Å². The van der Waals surface area contributed by atoms with E-state index in [9.17, 15) is 4.79 Å². The normalized spacial score (nSPS) is 12.0. The van der Waals surface area contributed by atoms with Crippen molar-refractivity contribution in [1.29, 1.82) is 0 Å². The Morgan fingerprint density at radius 2 is 2.22 bits per heavy atom. The first-order valence-electron chi connectivity index (χ1n) is 5.33. The molecular weight excluding hydrogens is 413 g/mol. The number of methoxy groups -OCH3 is 2. The Kier molecular flexibility index (Phi) is 6.95. The smallest absolute Gasteiger partial charge is 0.319 e. The molecule has 0 amide bonds. The van der Waals surface area contributed by atoms with Crippen LogP contribution in [0.2, 0.25) is 0 Å². The Hall–Kier alpha value is -0.340. The van der Waals surface area contributed by atoms with E-state index in [0.29, 0.717) is 13.1 Å². The highest BCUT2D eigenvalue weighted by atomic mass is 127. The predicted octanol–water partition coefficient (Wildman–Crippen LogP) is 2.52. The molecule has 18 heavy (non-hydrogen) atoms. The number of benzene rings is 1. The second-order valence-electron chi connectivity index (χ2n) is 3.58. The van der Waals surface area contributed by atoms with Gasteiger partial charge >= 0.3 is 5.97 Å². The van der Waals surface area contributed by atoms with Gasteiger partial charge in [0.1, 0.15) is 9.67 Å². The molecule has 0 bridgehead atoms. The average Bonchev–Trinajstić information content (AvgIpc) is 2.39. The van der Waals surface area contributed by atoms with Crippen LogP contribution in [-0.4, -0.2) is 30.7 Å². The van der Waals surface area contributed by atoms with E-state index >= 15 is 0 Å². The molecule has 0 aromatic heterocycles. The lowest BCUT2D eigenvalue weighted by molar-refractivity contribution is -0.139. The highest BCUT2D eigenvalue weighted by Crippen LogP contribution is 2.22. The van der Waals surface area contributed by atoms with Crippen LogP contribution in [0.15, 0.2) is 22.7 Å². The summed E-state index contributed by atoms with van der Waals surface area (Å²) in [6, 6.07) is 5.79. The number of ether oxygens (including phenoxy) is 2. The van der Waals surface area contributed by atoms with Crippen LogP contribution in [0.1, 0.15) is 5.56 Å². The van der Waals surface area contributed by atoms with Crippen LogP contribution in [0.5, 0.6) is 5.75 Å². The molecule has 6 heteroatoms. The fraction of sp³-hybridized carbons (Fsp3) is 0.417. The fourth-order valence-corrected chi connectivity index (χ4v) is 2.31. The third kappa shape index (κ3) is 4.74. The van der Waals surface area contributed by atoms with Crippen LogP contribution in [-0.2, 0) is 16.1 Å². The molecule has 0 fully saturated rings. The van der Waals surface area contributed by atoms with Gasteiger partial charge in [0.05, 0.1) is 14.2 Å². The summed E-state index contributed by atoms with van der Waals surface area (Å²) in [6.45, 7) is 1.23. The first kappa shape index (κ1) is 15.7. The molecule has 100 valence electrons. The van der Waals surface area contributed by atoms with Crippen molar-refractivity contribution in [3.05, 3.63) is 28.2 Å². The van der Waals surface area contributed by atoms with Crippen LogP contribution in [0.4, 0.5) is 0 Å². The van der Waals surface area contributed by atoms with Gasteiger partial charge in [-0.15, -0.1) is 0 Å². The summed E-state index contributed by atoms with van der Waals surface area (Å²) in [7, 11) is 3.03. The van der Waals surface area contributed by atoms with Gasteiger partial charge in [-0.2, -0.15) is 0 Å². The molecule has 0 aliphatic carbocycles. The largest absolute Gasteiger partial charge is 0.497 e. The van der Waals surface area contributed by atoms with Gasteiger partial charge in [-0.3, -0.25) is 4.79 Å². The maximum Gasteiger partial charge on any atom is 0.319 e. The monoisotopic (exact) mass is 427 g/mol. The molecule has 0 aliphatic rings. The number of hydrogen-bond donors (Lipinski definition) is 1. The molecular formula is C12H15BrINO3. The van der Waals surface area contributed by atoms with E-state index in [1.165, 1.54) is 7.11 Å². The third-order valence-electron chi connectivity index (χ3n) is 2.35. The molecule has 1 atom stereocenters.